The van der Waals surface area contributed by atoms with Crippen molar-refractivity contribution in [1.29, 1.82) is 0 Å². The summed E-state index contributed by atoms with van der Waals surface area (Å²) >= 11 is 0. The molecule has 6 N–H and O–H groups in total. The van der Waals surface area contributed by atoms with Gasteiger partial charge in [0, 0.05) is 88.9 Å². The van der Waals surface area contributed by atoms with Crippen LogP contribution in [0, 0.1) is 81.8 Å². The van der Waals surface area contributed by atoms with Crippen molar-refractivity contribution in [3.63, 3.8) is 0 Å². The molecule has 19 nitrogen and oxygen atoms in total. The quantitative estimate of drug-likeness (QED) is 0.146. The number of nitrogens with one attached hydrogen (secondary N) is 3. The zero-order valence-corrected chi connectivity index (χ0v) is 52.6. The van der Waals surface area contributed by atoms with Gasteiger partial charge in [-0.1, -0.05) is 89.1 Å². The number of hydrogen-bond donors (Lipinski definition) is 5. The molecule has 87 heavy (non-hydrogen) atoms. The second-order valence-electron chi connectivity index (χ2n) is 30.5. The highest BCUT2D eigenvalue weighted by Crippen LogP contribution is 2.67. The maximum absolute atomic E-state index is 12.4. The average Bonchev–Trinajstić information content (AvgIpc) is 1.65. The van der Waals surface area contributed by atoms with Gasteiger partial charge in [-0.25, -0.2) is 0 Å². The number of ketones is 2. The van der Waals surface area contributed by atoms with E-state index in [9.17, 15) is 19.2 Å². The molecule has 6 saturated carbocycles. The number of ether oxygens (including phenoxy) is 2. The maximum Gasteiger partial charge on any atom is 0.311 e. The largest absolute Gasteiger partial charge is 0.481 e. The SMILES string of the molecule is C.C.CC1=C2C[C@H]3[C@@H](CC[C@@H]4CC(=O)CC[C@@]43C)[C@@H]2CC[C@@]2(C1)O[C@@H]1C[C@H](C)CN(CCN)[C@H]1[C@H]2C.CC1=C2C[C@H]3[C@@H](CC[C@@H]4CC(=O)CC[C@@]43C)[C@@H]2CC[C@@]2(C1)O[C@@H]1C[C@H](C)CN(CCNC(=O)Cc3nn[nH]n3)[C@H]1[C@H]2C.O=C(O)Cc1nn[nH]n1. The molecule has 0 radical (unpaired) electrons. The van der Waals surface area contributed by atoms with Gasteiger partial charge in [0.25, 0.3) is 0 Å². The topological polar surface area (TPSA) is 260 Å². The van der Waals surface area contributed by atoms with Crippen molar-refractivity contribution in [2.24, 2.45) is 87.6 Å². The zero-order chi connectivity index (χ0) is 59.7. The number of likely N-dealkylation sites (tertiary alicyclic amines) is 2. The number of carbonyl (C=O) groups excluding carboxylic acids is 3. The number of piperidine rings is 2. The highest BCUT2D eigenvalue weighted by molar-refractivity contribution is 5.80. The molecule has 1 amide bonds. The number of aliphatic carboxylic acids is 1. The molecule has 14 rings (SSSR count). The van der Waals surface area contributed by atoms with Crippen LogP contribution >= 0.6 is 0 Å². The Labute approximate surface area is 519 Å². The first-order valence-corrected chi connectivity index (χ1v) is 33.6. The average molecular weight is 1210 g/mol. The molecule has 4 aliphatic heterocycles. The predicted molar refractivity (Wildman–Crippen MR) is 333 cm³/mol. The number of aromatic nitrogens is 8. The number of carboxylic acid groups (broad SMARTS) is 1. The van der Waals surface area contributed by atoms with E-state index in [1.165, 1.54) is 70.8 Å². The van der Waals surface area contributed by atoms with Crippen LogP contribution in [0.25, 0.3) is 0 Å². The van der Waals surface area contributed by atoms with Crippen molar-refractivity contribution in [3.05, 3.63) is 33.9 Å². The number of carboxylic acids is 1. The maximum atomic E-state index is 12.4. The Morgan fingerprint density at radius 3 is 1.55 bits per heavy atom. The molecule has 10 fully saturated rings. The summed E-state index contributed by atoms with van der Waals surface area (Å²) in [7, 11) is 0. The summed E-state index contributed by atoms with van der Waals surface area (Å²) in [6.45, 7) is 25.1. The fourth-order valence-corrected chi connectivity index (χ4v) is 21.8. The Bertz CT molecular complexity index is 2830. The lowest BCUT2D eigenvalue weighted by molar-refractivity contribution is -0.136. The van der Waals surface area contributed by atoms with E-state index in [0.717, 1.165) is 120 Å². The highest BCUT2D eigenvalue weighted by Gasteiger charge is 2.63. The Hall–Kier alpha value is -4.30. The molecule has 2 aromatic rings. The molecule has 2 spiro atoms. The molecular formula is C68H110N12O7. The molecule has 0 unspecified atom stereocenters. The standard InChI is InChI=1S/C33H50N6O3.C30H48N2O2.C3H4N4O2.2CH4/c1-19-13-28-31(39(18-19)12-11-34-30(41)16-29-35-37-38-36-29)21(3)33(42-28)10-8-24-25-6-5-22-14-23(40)7-9-32(22,4)27(25)15-26(24)20(2)17-33;1-18-13-27-28(32(17-18)12-11-31)20(3)30(34-27)10-8-23-24-6-5-21-14-22(33)7-9-29(21,4)26(24)15-25(23)19(2)16-30;8-3(9)1-2-4-6-7-5-2;;/h19,21-22,24-25,27-28,31H,5-18H2,1-4H3,(H,34,41)(H,35,36,37,38);18,20-21,23-24,26-28H,5-17,31H2,1-4H3;1H2,(H,8,9)(H,4,5,6,7);2*1H4/t19-,21+,22+,24-,25-,27-,28+,31-,32-,33-;18-,20+,21+,23-,24-,26-,27+,28-,29-,30-;;;/m00.../s1. The summed E-state index contributed by atoms with van der Waals surface area (Å²) in [4.78, 5) is 52.2. The monoisotopic (exact) mass is 1210 g/mol. The Balaban J connectivity index is 0.000000167. The van der Waals surface area contributed by atoms with Crippen molar-refractivity contribution in [2.45, 2.75) is 247 Å². The minimum absolute atomic E-state index is 0. The number of fused-ring (bicyclic) bond motifs is 12. The van der Waals surface area contributed by atoms with E-state index in [1.807, 2.05) is 5.57 Å². The van der Waals surface area contributed by atoms with Gasteiger partial charge >= 0.3 is 5.97 Å². The van der Waals surface area contributed by atoms with Crippen LogP contribution in [0.1, 0.15) is 210 Å². The fraction of sp³-hybridized carbons (Fsp3) is 0.853. The van der Waals surface area contributed by atoms with Crippen molar-refractivity contribution in [1.82, 2.24) is 56.4 Å². The smallest absolute Gasteiger partial charge is 0.311 e. The molecule has 8 aliphatic carbocycles. The van der Waals surface area contributed by atoms with Gasteiger partial charge in [0.05, 0.1) is 29.8 Å². The zero-order valence-electron chi connectivity index (χ0n) is 52.6. The Morgan fingerprint density at radius 2 is 1.11 bits per heavy atom. The molecule has 20 atom stereocenters. The van der Waals surface area contributed by atoms with Crippen LogP contribution < -0.4 is 11.1 Å². The first-order valence-electron chi connectivity index (χ1n) is 33.6. The van der Waals surface area contributed by atoms with E-state index >= 15 is 0 Å². The Morgan fingerprint density at radius 1 is 0.655 bits per heavy atom. The lowest BCUT2D eigenvalue weighted by atomic mass is 9.52. The van der Waals surface area contributed by atoms with Gasteiger partial charge in [-0.2, -0.15) is 10.4 Å². The number of H-pyrrole nitrogens is 2. The summed E-state index contributed by atoms with van der Waals surface area (Å²) < 4.78 is 14.4. The second-order valence-corrected chi connectivity index (χ2v) is 30.5. The van der Waals surface area contributed by atoms with Crippen LogP contribution in [0.5, 0.6) is 0 Å². The van der Waals surface area contributed by atoms with Crippen LogP contribution in [0.15, 0.2) is 22.3 Å². The molecule has 484 valence electrons. The number of carbonyl (C=O) groups is 4. The summed E-state index contributed by atoms with van der Waals surface area (Å²) in [5.41, 5.74) is 13.5. The van der Waals surface area contributed by atoms with E-state index in [1.54, 1.807) is 16.7 Å². The van der Waals surface area contributed by atoms with E-state index in [4.69, 9.17) is 20.3 Å². The fourth-order valence-electron chi connectivity index (χ4n) is 21.8. The molecule has 0 bridgehead atoms. The first-order chi connectivity index (χ1) is 40.7. The van der Waals surface area contributed by atoms with Gasteiger partial charge in [-0.15, -0.1) is 20.4 Å². The molecule has 4 saturated heterocycles. The third-order valence-corrected chi connectivity index (χ3v) is 25.9. The number of amides is 1. The molecule has 19 heteroatoms. The summed E-state index contributed by atoms with van der Waals surface area (Å²) in [6.07, 6.45) is 23.4. The molecule has 6 heterocycles. The minimum atomic E-state index is -0.962. The van der Waals surface area contributed by atoms with Crippen molar-refractivity contribution in [2.75, 3.05) is 39.3 Å². The third-order valence-electron chi connectivity index (χ3n) is 25.9. The van der Waals surface area contributed by atoms with Crippen LogP contribution in [0.4, 0.5) is 0 Å². The van der Waals surface area contributed by atoms with Gasteiger partial charge in [0.2, 0.25) is 5.91 Å². The van der Waals surface area contributed by atoms with Gasteiger partial charge in [0.15, 0.2) is 11.6 Å². The van der Waals surface area contributed by atoms with Gasteiger partial charge in [-0.3, -0.25) is 29.0 Å². The van der Waals surface area contributed by atoms with Crippen LogP contribution in [-0.2, 0) is 41.5 Å². The normalized spacial score (nSPS) is 41.9. The number of Topliss-reactive ketones (excluding diaryl/α,β-unsaturated/α-hetero) is 2. The number of allylic oxidation sites excluding steroid dienone is 2. The van der Waals surface area contributed by atoms with Crippen molar-refractivity contribution in [3.8, 4) is 0 Å². The van der Waals surface area contributed by atoms with E-state index in [-0.39, 0.29) is 56.7 Å². The van der Waals surface area contributed by atoms with Crippen molar-refractivity contribution >= 4 is 23.4 Å². The molecule has 0 aromatic carbocycles. The van der Waals surface area contributed by atoms with Crippen molar-refractivity contribution < 1.29 is 33.8 Å². The number of hydrogen-bond acceptors (Lipinski definition) is 15. The minimum Gasteiger partial charge on any atom is -0.481 e. The number of aromatic amines is 2. The summed E-state index contributed by atoms with van der Waals surface area (Å²) in [5, 5.41) is 37.2. The molecule has 12 aliphatic rings. The number of nitrogens with zero attached hydrogens (tertiary/aromatic N) is 8. The highest BCUT2D eigenvalue weighted by atomic mass is 16.5. The first kappa shape index (κ1) is 65.6. The van der Waals surface area contributed by atoms with Gasteiger partial charge in [0.1, 0.15) is 18.0 Å². The lowest BCUT2D eigenvalue weighted by Crippen LogP contribution is -2.53. The van der Waals surface area contributed by atoms with E-state index < -0.39 is 5.97 Å². The predicted octanol–water partition coefficient (Wildman–Crippen LogP) is 9.71. The number of nitrogens with two attached hydrogens (primary N) is 1. The van der Waals surface area contributed by atoms with Crippen LogP contribution in [-0.4, -0.2) is 154 Å². The Kier molecular flexibility index (Phi) is 19.7. The summed E-state index contributed by atoms with van der Waals surface area (Å²) in [6, 6.07) is 0.935. The van der Waals surface area contributed by atoms with Crippen LogP contribution in [0.3, 0.4) is 0 Å². The van der Waals surface area contributed by atoms with Gasteiger partial charge < -0.3 is 25.6 Å². The molecule has 2 aromatic heterocycles. The van der Waals surface area contributed by atoms with Crippen LogP contribution in [0.2, 0.25) is 0 Å². The van der Waals surface area contributed by atoms with E-state index in [0.29, 0.717) is 94.4 Å². The van der Waals surface area contributed by atoms with E-state index in [2.05, 4.69) is 112 Å². The third kappa shape index (κ3) is 12.4. The number of tetrazole rings is 2. The molecular weight excluding hydrogens is 1100 g/mol. The lowest BCUT2D eigenvalue weighted by Gasteiger charge is -2.52. The van der Waals surface area contributed by atoms with Gasteiger partial charge in [-0.05, 0) is 187 Å². The summed E-state index contributed by atoms with van der Waals surface area (Å²) in [5.74, 6) is 8.79. The number of rotatable bonds is 9. The second kappa shape index (κ2) is 26.1.